The van der Waals surface area contributed by atoms with E-state index in [4.69, 9.17) is 11.3 Å². The van der Waals surface area contributed by atoms with Gasteiger partial charge in [-0.3, -0.25) is 0 Å². The van der Waals surface area contributed by atoms with Gasteiger partial charge in [-0.15, -0.1) is 0 Å². The molecule has 0 saturated heterocycles. The van der Waals surface area contributed by atoms with E-state index in [1.165, 1.54) is 7.11 Å². The zero-order valence-corrected chi connectivity index (χ0v) is 8.88. The molecule has 84 valence electrons. The van der Waals surface area contributed by atoms with E-state index in [1.54, 1.807) is 18.2 Å². The summed E-state index contributed by atoms with van der Waals surface area (Å²) in [5.41, 5.74) is 15.7. The zero-order chi connectivity index (χ0) is 12.0. The van der Waals surface area contributed by atoms with Crippen LogP contribution < -0.4 is 5.73 Å². The summed E-state index contributed by atoms with van der Waals surface area (Å²) >= 11 is 0. The Morgan fingerprint density at radius 1 is 1.50 bits per heavy atom. The lowest BCUT2D eigenvalue weighted by Gasteiger charge is -2.05. The van der Waals surface area contributed by atoms with Crippen molar-refractivity contribution in [3.05, 3.63) is 45.3 Å². The highest BCUT2D eigenvalue weighted by atomic mass is 16.5. The van der Waals surface area contributed by atoms with Crippen molar-refractivity contribution < 1.29 is 9.53 Å². The first kappa shape index (κ1) is 12.0. The minimum absolute atomic E-state index is 0.189. The molecule has 0 unspecified atom stereocenters. The van der Waals surface area contributed by atoms with Crippen molar-refractivity contribution in [2.45, 2.75) is 13.1 Å². The molecule has 0 aromatic heterocycles. The van der Waals surface area contributed by atoms with Gasteiger partial charge < -0.3 is 10.5 Å². The van der Waals surface area contributed by atoms with Gasteiger partial charge in [-0.1, -0.05) is 11.2 Å². The molecule has 2 N–H and O–H groups in total. The molecule has 1 aromatic carbocycles. The highest BCUT2D eigenvalue weighted by Gasteiger charge is 2.07. The molecule has 1 aromatic rings. The van der Waals surface area contributed by atoms with Gasteiger partial charge in [-0.05, 0) is 28.8 Å². The number of carbonyl (C=O) groups excluding carboxylic acids is 1. The van der Waals surface area contributed by atoms with E-state index >= 15 is 0 Å². The van der Waals surface area contributed by atoms with E-state index in [1.807, 2.05) is 0 Å². The average molecular weight is 220 g/mol. The summed E-state index contributed by atoms with van der Waals surface area (Å²) < 4.78 is 4.61. The largest absolute Gasteiger partial charge is 0.465 e. The Balaban J connectivity index is 3.09. The van der Waals surface area contributed by atoms with Crippen molar-refractivity contribution in [3.8, 4) is 0 Å². The van der Waals surface area contributed by atoms with Crippen LogP contribution in [0.15, 0.2) is 23.3 Å². The van der Waals surface area contributed by atoms with Crippen LogP contribution in [-0.4, -0.2) is 13.1 Å². The number of azide groups is 1. The van der Waals surface area contributed by atoms with Crippen molar-refractivity contribution in [2.24, 2.45) is 10.8 Å². The number of methoxy groups -OCH3 is 1. The van der Waals surface area contributed by atoms with Crippen molar-refractivity contribution >= 4 is 5.97 Å². The first-order valence-electron chi connectivity index (χ1n) is 4.63. The SMILES string of the molecule is COC(=O)c1cc(CN)cc(CN=[N+]=[N-])c1. The Hall–Kier alpha value is -2.04. The second kappa shape index (κ2) is 5.75. The van der Waals surface area contributed by atoms with Gasteiger partial charge in [-0.2, -0.15) is 0 Å². The van der Waals surface area contributed by atoms with E-state index in [9.17, 15) is 4.79 Å². The first-order chi connectivity index (χ1) is 7.71. The summed E-state index contributed by atoms with van der Waals surface area (Å²) in [5.74, 6) is -0.433. The van der Waals surface area contributed by atoms with E-state index in [2.05, 4.69) is 14.8 Å². The number of hydrogen-bond donors (Lipinski definition) is 1. The van der Waals surface area contributed by atoms with Gasteiger partial charge in [0, 0.05) is 11.5 Å². The minimum atomic E-state index is -0.433. The lowest BCUT2D eigenvalue weighted by atomic mass is 10.1. The summed E-state index contributed by atoms with van der Waals surface area (Å²) in [6.07, 6.45) is 0. The summed E-state index contributed by atoms with van der Waals surface area (Å²) in [7, 11) is 1.31. The Bertz CT molecular complexity index is 438. The molecule has 0 aliphatic heterocycles. The molecule has 16 heavy (non-hydrogen) atoms. The number of nitrogens with two attached hydrogens (primary N) is 1. The van der Waals surface area contributed by atoms with Crippen LogP contribution in [0.3, 0.4) is 0 Å². The summed E-state index contributed by atoms with van der Waals surface area (Å²) in [4.78, 5) is 14.0. The number of benzene rings is 1. The molecule has 0 heterocycles. The van der Waals surface area contributed by atoms with Gasteiger partial charge in [0.15, 0.2) is 0 Å². The molecule has 0 saturated carbocycles. The van der Waals surface area contributed by atoms with E-state index in [-0.39, 0.29) is 6.54 Å². The predicted molar refractivity (Wildman–Crippen MR) is 58.5 cm³/mol. The van der Waals surface area contributed by atoms with Gasteiger partial charge in [0.05, 0.1) is 19.2 Å². The Morgan fingerprint density at radius 2 is 2.19 bits per heavy atom. The molecular weight excluding hydrogens is 208 g/mol. The van der Waals surface area contributed by atoms with E-state index < -0.39 is 5.97 Å². The van der Waals surface area contributed by atoms with Crippen molar-refractivity contribution in [1.29, 1.82) is 0 Å². The fourth-order valence-corrected chi connectivity index (χ4v) is 1.32. The maximum atomic E-state index is 11.3. The van der Waals surface area contributed by atoms with Crippen LogP contribution in [0.25, 0.3) is 10.4 Å². The molecule has 0 spiro atoms. The number of esters is 1. The van der Waals surface area contributed by atoms with Gasteiger partial charge in [0.25, 0.3) is 0 Å². The number of carbonyl (C=O) groups is 1. The van der Waals surface area contributed by atoms with Crippen LogP contribution in [0.4, 0.5) is 0 Å². The van der Waals surface area contributed by atoms with Crippen molar-refractivity contribution in [3.63, 3.8) is 0 Å². The van der Waals surface area contributed by atoms with Gasteiger partial charge in [-0.25, -0.2) is 4.79 Å². The summed E-state index contributed by atoms with van der Waals surface area (Å²) in [6.45, 7) is 0.502. The van der Waals surface area contributed by atoms with Crippen LogP contribution in [-0.2, 0) is 17.8 Å². The van der Waals surface area contributed by atoms with Crippen LogP contribution in [0, 0.1) is 0 Å². The standard InChI is InChI=1S/C10H12N4O2/c1-16-10(15)9-3-7(5-11)2-8(4-9)6-13-14-12/h2-4H,5-6,11H2,1H3. The lowest BCUT2D eigenvalue weighted by Crippen LogP contribution is -2.05. The second-order valence-corrected chi connectivity index (χ2v) is 3.12. The van der Waals surface area contributed by atoms with Crippen molar-refractivity contribution in [2.75, 3.05) is 7.11 Å². The molecule has 0 fully saturated rings. The highest BCUT2D eigenvalue weighted by Crippen LogP contribution is 2.12. The van der Waals surface area contributed by atoms with Gasteiger partial charge >= 0.3 is 5.97 Å². The summed E-state index contributed by atoms with van der Waals surface area (Å²) in [6, 6.07) is 5.08. The number of hydrogen-bond acceptors (Lipinski definition) is 4. The summed E-state index contributed by atoms with van der Waals surface area (Å²) in [5, 5.41) is 3.43. The smallest absolute Gasteiger partial charge is 0.337 e. The topological polar surface area (TPSA) is 101 Å². The van der Waals surface area contributed by atoms with Crippen LogP contribution >= 0.6 is 0 Å². The van der Waals surface area contributed by atoms with Crippen LogP contribution in [0.2, 0.25) is 0 Å². The highest BCUT2D eigenvalue weighted by molar-refractivity contribution is 5.89. The number of ether oxygens (including phenoxy) is 1. The molecular formula is C10H12N4O2. The third kappa shape index (κ3) is 2.98. The maximum Gasteiger partial charge on any atom is 0.337 e. The van der Waals surface area contributed by atoms with Gasteiger partial charge in [0.2, 0.25) is 0 Å². The Kier molecular flexibility index (Phi) is 4.32. The first-order valence-corrected chi connectivity index (χ1v) is 4.63. The molecule has 0 amide bonds. The zero-order valence-electron chi connectivity index (χ0n) is 8.88. The van der Waals surface area contributed by atoms with Crippen LogP contribution in [0.1, 0.15) is 21.5 Å². The number of nitrogens with zero attached hydrogens (tertiary/aromatic N) is 3. The molecule has 0 aliphatic rings. The Morgan fingerprint density at radius 3 is 2.75 bits per heavy atom. The molecule has 0 radical (unpaired) electrons. The van der Waals surface area contributed by atoms with Gasteiger partial charge in [0.1, 0.15) is 0 Å². The molecule has 0 atom stereocenters. The molecule has 6 nitrogen and oxygen atoms in total. The molecule has 1 rings (SSSR count). The second-order valence-electron chi connectivity index (χ2n) is 3.12. The molecule has 0 aliphatic carbocycles. The predicted octanol–water partition coefficient (Wildman–Crippen LogP) is 1.74. The third-order valence-corrected chi connectivity index (χ3v) is 2.03. The Labute approximate surface area is 92.6 Å². The quantitative estimate of drug-likeness (QED) is 0.362. The maximum absolute atomic E-state index is 11.3. The lowest BCUT2D eigenvalue weighted by molar-refractivity contribution is 0.0600. The van der Waals surface area contributed by atoms with E-state index in [0.717, 1.165) is 11.1 Å². The average Bonchev–Trinajstić information content (AvgIpc) is 2.34. The van der Waals surface area contributed by atoms with E-state index in [0.29, 0.717) is 12.1 Å². The van der Waals surface area contributed by atoms with Crippen LogP contribution in [0.5, 0.6) is 0 Å². The normalized spacial score (nSPS) is 9.38. The number of rotatable bonds is 4. The fraction of sp³-hybridized carbons (Fsp3) is 0.300. The van der Waals surface area contributed by atoms with Crippen molar-refractivity contribution in [1.82, 2.24) is 0 Å². The molecule has 6 heteroatoms. The monoisotopic (exact) mass is 220 g/mol. The third-order valence-electron chi connectivity index (χ3n) is 2.03. The minimum Gasteiger partial charge on any atom is -0.465 e. The molecule has 0 bridgehead atoms. The fourth-order valence-electron chi connectivity index (χ4n) is 1.32.